The van der Waals surface area contributed by atoms with E-state index >= 15 is 0 Å². The summed E-state index contributed by atoms with van der Waals surface area (Å²) in [6.07, 6.45) is 8.72. The topological polar surface area (TPSA) is 87.2 Å². The van der Waals surface area contributed by atoms with Gasteiger partial charge in [-0.3, -0.25) is 0 Å². The number of nitrogens with one attached hydrogen (secondary N) is 1. The highest BCUT2D eigenvalue weighted by Gasteiger charge is 2.41. The van der Waals surface area contributed by atoms with Crippen LogP contribution >= 0.6 is 0 Å². The summed E-state index contributed by atoms with van der Waals surface area (Å²) in [7, 11) is -2.69. The molecule has 4 heterocycles. The van der Waals surface area contributed by atoms with Crippen molar-refractivity contribution in [2.75, 3.05) is 11.2 Å². The summed E-state index contributed by atoms with van der Waals surface area (Å²) in [6.45, 7) is 2.04. The van der Waals surface area contributed by atoms with Gasteiger partial charge in [-0.05, 0) is 50.3 Å². The molecule has 0 saturated carbocycles. The Morgan fingerprint density at radius 3 is 2.39 bits per heavy atom. The van der Waals surface area contributed by atoms with Crippen LogP contribution in [0.15, 0.2) is 35.5 Å². The zero-order valence-corrected chi connectivity index (χ0v) is 16.9. The van der Waals surface area contributed by atoms with Gasteiger partial charge in [0.1, 0.15) is 12.1 Å². The van der Waals surface area contributed by atoms with Crippen LogP contribution in [0.2, 0.25) is 0 Å². The Hall–Kier alpha value is -2.48. The molecule has 0 spiro atoms. The first-order chi connectivity index (χ1) is 13.4. The summed E-state index contributed by atoms with van der Waals surface area (Å²) in [5, 5.41) is 4.49. The van der Waals surface area contributed by atoms with E-state index in [2.05, 4.69) is 20.0 Å². The molecule has 2 fully saturated rings. The van der Waals surface area contributed by atoms with Gasteiger partial charge in [0.15, 0.2) is 0 Å². The monoisotopic (exact) mass is 396 g/mol. The third-order valence-corrected chi connectivity index (χ3v) is 7.33. The van der Waals surface area contributed by atoms with Gasteiger partial charge in [0, 0.05) is 40.9 Å². The minimum atomic E-state index is -2.69. The molecule has 2 aromatic heterocycles. The number of anilines is 1. The van der Waals surface area contributed by atoms with Gasteiger partial charge >= 0.3 is 0 Å². The van der Waals surface area contributed by atoms with Crippen molar-refractivity contribution in [1.82, 2.24) is 19.6 Å². The molecule has 1 atom stereocenters. The maximum atomic E-state index is 12.0. The fourth-order valence-corrected chi connectivity index (χ4v) is 5.43. The van der Waals surface area contributed by atoms with E-state index in [1.54, 1.807) is 18.5 Å². The van der Waals surface area contributed by atoms with Gasteiger partial charge in [-0.15, -0.1) is 0 Å². The van der Waals surface area contributed by atoms with Crippen LogP contribution in [0.4, 0.5) is 5.82 Å². The van der Waals surface area contributed by atoms with E-state index in [4.69, 9.17) is 4.78 Å². The maximum Gasteiger partial charge on any atom is 0.254 e. The molecule has 2 aliphatic heterocycles. The summed E-state index contributed by atoms with van der Waals surface area (Å²) in [5.41, 5.74) is 3.27. The Labute approximate surface area is 164 Å². The number of hydrogen-bond acceptors (Lipinski definition) is 6. The number of rotatable bonds is 4. The second kappa shape index (κ2) is 6.27. The minimum Gasteiger partial charge on any atom is -0.350 e. The highest BCUT2D eigenvalue weighted by atomic mass is 32.2. The average molecular weight is 397 g/mol. The fraction of sp³-hybridized carbons (Fsp3) is 0.450. The summed E-state index contributed by atoms with van der Waals surface area (Å²) in [4.78, 5) is 12.1. The van der Waals surface area contributed by atoms with Crippen LogP contribution < -0.4 is 4.90 Å². The molecule has 146 valence electrons. The molecule has 2 aliphatic rings. The highest BCUT2D eigenvalue weighted by molar-refractivity contribution is 7.91. The SMILES string of the molecule is Cc1nc2ncnn2c(N2C3CCC2CC3)c1Cc1ccc(S(C)(=N)=O)cc1. The molecule has 0 amide bonds. The van der Waals surface area contributed by atoms with Crippen LogP contribution in [0.1, 0.15) is 42.5 Å². The predicted molar refractivity (Wildman–Crippen MR) is 108 cm³/mol. The normalized spacial score (nSPS) is 23.4. The van der Waals surface area contributed by atoms with Crippen LogP contribution in [0.25, 0.3) is 5.78 Å². The average Bonchev–Trinajstić information content (AvgIpc) is 3.38. The molecule has 7 nitrogen and oxygen atoms in total. The Kier molecular flexibility index (Phi) is 3.94. The Morgan fingerprint density at radius 2 is 1.79 bits per heavy atom. The molecular weight excluding hydrogens is 372 g/mol. The Morgan fingerprint density at radius 1 is 1.14 bits per heavy atom. The minimum absolute atomic E-state index is 0.565. The van der Waals surface area contributed by atoms with Gasteiger partial charge in [0.25, 0.3) is 5.78 Å². The van der Waals surface area contributed by atoms with E-state index in [1.165, 1.54) is 37.5 Å². The van der Waals surface area contributed by atoms with Crippen LogP contribution in [0, 0.1) is 11.7 Å². The number of aromatic nitrogens is 4. The van der Waals surface area contributed by atoms with E-state index < -0.39 is 9.73 Å². The third kappa shape index (κ3) is 2.78. The maximum absolute atomic E-state index is 12.0. The molecule has 1 unspecified atom stereocenters. The van der Waals surface area contributed by atoms with Gasteiger partial charge < -0.3 is 4.90 Å². The van der Waals surface area contributed by atoms with Crippen LogP contribution in [-0.2, 0) is 16.1 Å². The second-order valence-electron chi connectivity index (χ2n) is 8.01. The lowest BCUT2D eigenvalue weighted by atomic mass is 10.0. The first-order valence-electron chi connectivity index (χ1n) is 9.72. The molecule has 5 rings (SSSR count). The van der Waals surface area contributed by atoms with Crippen molar-refractivity contribution in [3.63, 3.8) is 0 Å². The Balaban J connectivity index is 1.61. The first-order valence-corrected chi connectivity index (χ1v) is 11.7. The van der Waals surface area contributed by atoms with E-state index in [0.29, 0.717) is 22.8 Å². The van der Waals surface area contributed by atoms with Crippen molar-refractivity contribution >= 4 is 21.3 Å². The molecule has 2 saturated heterocycles. The van der Waals surface area contributed by atoms with Crippen LogP contribution in [0.3, 0.4) is 0 Å². The van der Waals surface area contributed by atoms with E-state index in [0.717, 1.165) is 23.5 Å². The van der Waals surface area contributed by atoms with Gasteiger partial charge in [0.2, 0.25) is 0 Å². The number of fused-ring (bicyclic) bond motifs is 3. The standard InChI is InChI=1S/C20H24N6OS/c1-13-18(11-14-3-9-17(10-4-14)28(2,21)27)19(26-20(24-13)22-12-23-26)25-15-5-6-16(25)8-7-15/h3-4,9-10,12,15-16,21H,5-8,11H2,1-2H3. The second-order valence-corrected chi connectivity index (χ2v) is 10.2. The van der Waals surface area contributed by atoms with Gasteiger partial charge in [-0.2, -0.15) is 14.6 Å². The van der Waals surface area contributed by atoms with Crippen molar-refractivity contribution < 1.29 is 4.21 Å². The van der Waals surface area contributed by atoms with Crippen molar-refractivity contribution in [3.8, 4) is 0 Å². The summed E-state index contributed by atoms with van der Waals surface area (Å²) in [5.74, 6) is 1.78. The first kappa shape index (κ1) is 17.6. The van der Waals surface area contributed by atoms with Crippen LogP contribution in [-0.4, -0.2) is 42.1 Å². The van der Waals surface area contributed by atoms with Gasteiger partial charge in [0.05, 0.1) is 9.73 Å². The zero-order chi connectivity index (χ0) is 19.5. The molecule has 3 aromatic rings. The lowest BCUT2D eigenvalue weighted by molar-refractivity contribution is 0.576. The summed E-state index contributed by atoms with van der Waals surface area (Å²) < 4.78 is 21.6. The quantitative estimate of drug-likeness (QED) is 0.732. The molecular formula is C20H24N6OS. The number of hydrogen-bond donors (Lipinski definition) is 1. The van der Waals surface area contributed by atoms with Crippen molar-refractivity contribution in [1.29, 1.82) is 4.78 Å². The lowest BCUT2D eigenvalue weighted by Crippen LogP contribution is -2.32. The summed E-state index contributed by atoms with van der Waals surface area (Å²) >= 11 is 0. The number of nitrogens with zero attached hydrogens (tertiary/aromatic N) is 5. The molecule has 0 radical (unpaired) electrons. The lowest BCUT2D eigenvalue weighted by Gasteiger charge is -2.28. The number of aryl methyl sites for hydroxylation is 1. The summed E-state index contributed by atoms with van der Waals surface area (Å²) in [6, 6.07) is 8.71. The van der Waals surface area contributed by atoms with Crippen molar-refractivity contribution in [2.45, 2.75) is 56.0 Å². The predicted octanol–water partition coefficient (Wildman–Crippen LogP) is 3.19. The van der Waals surface area contributed by atoms with Gasteiger partial charge in [-0.25, -0.2) is 14.0 Å². The van der Waals surface area contributed by atoms with Crippen molar-refractivity contribution in [3.05, 3.63) is 47.4 Å². The Bertz CT molecular complexity index is 1130. The van der Waals surface area contributed by atoms with E-state index in [1.807, 2.05) is 23.6 Å². The molecule has 28 heavy (non-hydrogen) atoms. The van der Waals surface area contributed by atoms with Crippen molar-refractivity contribution in [2.24, 2.45) is 0 Å². The molecule has 8 heteroatoms. The van der Waals surface area contributed by atoms with Gasteiger partial charge in [-0.1, -0.05) is 12.1 Å². The zero-order valence-electron chi connectivity index (χ0n) is 16.1. The largest absolute Gasteiger partial charge is 0.350 e. The highest BCUT2D eigenvalue weighted by Crippen LogP contribution is 2.42. The van der Waals surface area contributed by atoms with Crippen LogP contribution in [0.5, 0.6) is 0 Å². The molecule has 1 N–H and O–H groups in total. The smallest absolute Gasteiger partial charge is 0.254 e. The van der Waals surface area contributed by atoms with E-state index in [-0.39, 0.29) is 0 Å². The molecule has 2 bridgehead atoms. The molecule has 1 aromatic carbocycles. The van der Waals surface area contributed by atoms with E-state index in [9.17, 15) is 4.21 Å². The molecule has 0 aliphatic carbocycles. The fourth-order valence-electron chi connectivity index (χ4n) is 4.77. The third-order valence-electron chi connectivity index (χ3n) is 6.16. The number of benzene rings is 1.